The maximum Gasteiger partial charge on any atom is 0.309 e. The molecule has 2 N–H and O–H groups in total. The number of rotatable bonds is 10. The Hall–Kier alpha value is -2.61. The molecule has 8 nitrogen and oxygen atoms in total. The number of carboxylic acid groups (broad SMARTS) is 1. The van der Waals surface area contributed by atoms with Gasteiger partial charge in [0.15, 0.2) is 5.78 Å². The zero-order valence-corrected chi connectivity index (χ0v) is 31.4. The van der Waals surface area contributed by atoms with E-state index >= 15 is 0 Å². The second kappa shape index (κ2) is 12.9. The molecule has 1 heterocycles. The van der Waals surface area contributed by atoms with Crippen LogP contribution in [-0.2, 0) is 25.7 Å². The van der Waals surface area contributed by atoms with Gasteiger partial charge in [0.1, 0.15) is 12.4 Å². The molecule has 1 aromatic heterocycles. The Morgan fingerprint density at radius 3 is 2.35 bits per heavy atom. The second-order valence-corrected chi connectivity index (χ2v) is 18.7. The summed E-state index contributed by atoms with van der Waals surface area (Å²) in [5.41, 5.74) is 2.77. The summed E-state index contributed by atoms with van der Waals surface area (Å²) in [5, 5.41) is 13.2. The van der Waals surface area contributed by atoms with Gasteiger partial charge in [0.25, 0.3) is 0 Å². The Morgan fingerprint density at radius 1 is 0.980 bits per heavy atom. The molecule has 8 unspecified atom stereocenters. The van der Waals surface area contributed by atoms with E-state index in [4.69, 9.17) is 4.74 Å². The number of nitrogens with zero attached hydrogens (tertiary/aromatic N) is 2. The summed E-state index contributed by atoms with van der Waals surface area (Å²) in [6.45, 7) is 19.0. The minimum Gasteiger partial charge on any atom is -0.481 e. The third-order valence-corrected chi connectivity index (χ3v) is 14.8. The number of allylic oxidation sites excluding steroid dienone is 2. The number of aromatic nitrogens is 2. The number of nitrogens with one attached hydrogen (secondary N) is 1. The molecule has 4 fully saturated rings. The van der Waals surface area contributed by atoms with Crippen molar-refractivity contribution >= 4 is 17.7 Å². The van der Waals surface area contributed by atoms with Crippen LogP contribution in [0.1, 0.15) is 132 Å². The molecule has 8 heteroatoms. The van der Waals surface area contributed by atoms with E-state index in [0.29, 0.717) is 35.9 Å². The third-order valence-electron chi connectivity index (χ3n) is 14.8. The van der Waals surface area contributed by atoms with E-state index in [9.17, 15) is 19.5 Å². The van der Waals surface area contributed by atoms with Crippen molar-refractivity contribution in [2.75, 3.05) is 6.54 Å². The van der Waals surface area contributed by atoms with Gasteiger partial charge in [0.05, 0.1) is 11.8 Å². The Bertz CT molecular complexity index is 1480. The number of carbonyl (C=O) groups excluding carboxylic acids is 2. The largest absolute Gasteiger partial charge is 0.481 e. The van der Waals surface area contributed by atoms with E-state index in [2.05, 4.69) is 56.8 Å². The van der Waals surface area contributed by atoms with Gasteiger partial charge < -0.3 is 15.2 Å². The molecule has 0 amide bonds. The van der Waals surface area contributed by atoms with Crippen LogP contribution in [0.5, 0.6) is 0 Å². The smallest absolute Gasteiger partial charge is 0.309 e. The fourth-order valence-electron chi connectivity index (χ4n) is 12.5. The van der Waals surface area contributed by atoms with Crippen LogP contribution in [0.4, 0.5) is 0 Å². The fourth-order valence-corrected chi connectivity index (χ4v) is 12.5. The standard InChI is InChI=1S/C41H61N3O5/c1-25(2)34-29(45)19-41(17-18-42-21-26-22-43-24-44-23-26)16-11-28-27(35(34)41)9-10-31-39(28,7)14-12-30-38(5,6)32(13-15-40(30,31)8)49-33(46)20-37(3,4)36(47)48/h22-25,27-28,30-32,42H,9-21H2,1-8H3,(H,47,48). The van der Waals surface area contributed by atoms with Gasteiger partial charge in [-0.3, -0.25) is 14.4 Å². The fraction of sp³-hybridized carbons (Fsp3) is 0.780. The lowest BCUT2D eigenvalue weighted by Gasteiger charge is -2.69. The van der Waals surface area contributed by atoms with Crippen molar-refractivity contribution in [3.05, 3.63) is 35.4 Å². The van der Waals surface area contributed by atoms with Gasteiger partial charge in [-0.25, -0.2) is 9.97 Å². The van der Waals surface area contributed by atoms with Crippen molar-refractivity contribution in [2.45, 2.75) is 139 Å². The molecule has 0 aliphatic heterocycles. The maximum atomic E-state index is 13.8. The summed E-state index contributed by atoms with van der Waals surface area (Å²) < 4.78 is 6.15. The van der Waals surface area contributed by atoms with E-state index < -0.39 is 17.4 Å². The molecule has 270 valence electrons. The first-order valence-electron chi connectivity index (χ1n) is 19.1. The van der Waals surface area contributed by atoms with Crippen molar-refractivity contribution < 1.29 is 24.2 Å². The van der Waals surface area contributed by atoms with Crippen LogP contribution in [-0.4, -0.2) is 45.4 Å². The summed E-state index contributed by atoms with van der Waals surface area (Å²) in [6.07, 6.45) is 15.4. The van der Waals surface area contributed by atoms with E-state index in [1.165, 1.54) is 19.3 Å². The molecule has 0 saturated heterocycles. The highest BCUT2D eigenvalue weighted by atomic mass is 16.5. The molecule has 0 radical (unpaired) electrons. The number of hydrogen-bond donors (Lipinski definition) is 2. The molecule has 8 atom stereocenters. The maximum absolute atomic E-state index is 13.8. The van der Waals surface area contributed by atoms with E-state index in [1.54, 1.807) is 25.7 Å². The minimum absolute atomic E-state index is 0.0263. The Kier molecular flexibility index (Phi) is 9.50. The Morgan fingerprint density at radius 2 is 1.67 bits per heavy atom. The topological polar surface area (TPSA) is 118 Å². The summed E-state index contributed by atoms with van der Waals surface area (Å²) in [6, 6.07) is 0. The number of carboxylic acids is 1. The normalized spacial score (nSPS) is 36.8. The molecule has 0 spiro atoms. The summed E-state index contributed by atoms with van der Waals surface area (Å²) in [5.74, 6) is 1.34. The van der Waals surface area contributed by atoms with E-state index in [1.807, 2.05) is 12.4 Å². The number of hydrogen-bond acceptors (Lipinski definition) is 7. The zero-order chi connectivity index (χ0) is 35.6. The Balaban J connectivity index is 1.21. The van der Waals surface area contributed by atoms with Crippen LogP contribution in [0.3, 0.4) is 0 Å². The zero-order valence-electron chi connectivity index (χ0n) is 31.4. The minimum atomic E-state index is -1.14. The highest BCUT2D eigenvalue weighted by Gasteiger charge is 2.66. The van der Waals surface area contributed by atoms with Crippen LogP contribution >= 0.6 is 0 Å². The first kappa shape index (κ1) is 36.2. The first-order chi connectivity index (χ1) is 23.0. The molecule has 1 aromatic rings. The lowest BCUT2D eigenvalue weighted by molar-refractivity contribution is -0.213. The molecule has 5 aliphatic carbocycles. The predicted octanol–water partition coefficient (Wildman–Crippen LogP) is 7.96. The van der Waals surface area contributed by atoms with Crippen molar-refractivity contribution in [3.63, 3.8) is 0 Å². The molecule has 0 bridgehead atoms. The molecule has 0 aromatic carbocycles. The number of aliphatic carboxylic acids is 1. The summed E-state index contributed by atoms with van der Waals surface area (Å²) >= 11 is 0. The van der Waals surface area contributed by atoms with Gasteiger partial charge in [-0.1, -0.05) is 47.1 Å². The average Bonchev–Trinajstić information content (AvgIpc) is 3.33. The van der Waals surface area contributed by atoms with Gasteiger partial charge in [0.2, 0.25) is 0 Å². The number of carbonyl (C=O) groups is 3. The van der Waals surface area contributed by atoms with E-state index in [-0.39, 0.29) is 40.1 Å². The molecular formula is C41H61N3O5. The van der Waals surface area contributed by atoms with Crippen molar-refractivity contribution in [2.24, 2.45) is 56.7 Å². The van der Waals surface area contributed by atoms with Gasteiger partial charge in [-0.15, -0.1) is 0 Å². The summed E-state index contributed by atoms with van der Waals surface area (Å²) in [4.78, 5) is 46.9. The molecule has 5 aliphatic rings. The molecule has 49 heavy (non-hydrogen) atoms. The van der Waals surface area contributed by atoms with Crippen molar-refractivity contribution in [1.29, 1.82) is 0 Å². The van der Waals surface area contributed by atoms with Gasteiger partial charge in [0, 0.05) is 41.8 Å². The van der Waals surface area contributed by atoms with Crippen LogP contribution in [0.25, 0.3) is 0 Å². The van der Waals surface area contributed by atoms with Crippen molar-refractivity contribution in [3.8, 4) is 0 Å². The quantitative estimate of drug-likeness (QED) is 0.189. The first-order valence-corrected chi connectivity index (χ1v) is 19.1. The SMILES string of the molecule is CC(C)C1=C2C3CCC4C(C)(CCC5C(C)(C)C(OC(=O)CC(C)(C)C(=O)O)CCC54C)C3CCC2(CCNCc2cncnc2)CC1=O. The van der Waals surface area contributed by atoms with Crippen LogP contribution < -0.4 is 5.32 Å². The molecular weight excluding hydrogens is 614 g/mol. The van der Waals surface area contributed by atoms with Gasteiger partial charge >= 0.3 is 11.9 Å². The Labute approximate surface area is 294 Å². The molecule has 6 rings (SSSR count). The monoisotopic (exact) mass is 675 g/mol. The van der Waals surface area contributed by atoms with Gasteiger partial charge in [-0.2, -0.15) is 0 Å². The highest BCUT2D eigenvalue weighted by molar-refractivity contribution is 6.00. The lowest BCUT2D eigenvalue weighted by Crippen LogP contribution is -2.63. The number of ketones is 1. The number of fused-ring (bicyclic) bond motifs is 7. The number of esters is 1. The summed E-state index contributed by atoms with van der Waals surface area (Å²) in [7, 11) is 0. The average molecular weight is 676 g/mol. The van der Waals surface area contributed by atoms with Crippen LogP contribution in [0.15, 0.2) is 29.9 Å². The van der Waals surface area contributed by atoms with Crippen LogP contribution in [0, 0.1) is 56.7 Å². The van der Waals surface area contributed by atoms with Crippen LogP contribution in [0.2, 0.25) is 0 Å². The van der Waals surface area contributed by atoms with Gasteiger partial charge in [-0.05, 0) is 124 Å². The predicted molar refractivity (Wildman–Crippen MR) is 189 cm³/mol. The lowest BCUT2D eigenvalue weighted by atomic mass is 9.36. The molecule has 4 saturated carbocycles. The second-order valence-electron chi connectivity index (χ2n) is 18.7. The number of Topliss-reactive ketones (excluding diaryl/α,β-unsaturated/α-hetero) is 1. The third kappa shape index (κ3) is 6.10. The highest BCUT2D eigenvalue weighted by Crippen LogP contribution is 2.73. The van der Waals surface area contributed by atoms with Crippen molar-refractivity contribution in [1.82, 2.24) is 15.3 Å². The van der Waals surface area contributed by atoms with E-state index in [0.717, 1.165) is 62.8 Å². The number of ether oxygens (including phenoxy) is 1.